The van der Waals surface area contributed by atoms with Gasteiger partial charge < -0.3 is 11.1 Å². The third-order valence-corrected chi connectivity index (χ3v) is 4.31. The average molecular weight is 298 g/mol. The van der Waals surface area contributed by atoms with E-state index in [1.807, 2.05) is 35.6 Å². The molecule has 0 radical (unpaired) electrons. The number of para-hydroxylation sites is 2. The lowest BCUT2D eigenvalue weighted by Gasteiger charge is -2.15. The van der Waals surface area contributed by atoms with Gasteiger partial charge in [0.05, 0.1) is 11.0 Å². The molecule has 0 aliphatic rings. The van der Waals surface area contributed by atoms with Gasteiger partial charge in [-0.25, -0.2) is 9.97 Å². The summed E-state index contributed by atoms with van der Waals surface area (Å²) in [6.07, 6.45) is 0.951. The average Bonchev–Trinajstić information content (AvgIpc) is 2.85. The second-order valence-electron chi connectivity index (χ2n) is 5.21. The largest absolute Gasteiger partial charge is 0.381 e. The second-order valence-corrected chi connectivity index (χ2v) is 6.58. The highest BCUT2D eigenvalue weighted by molar-refractivity contribution is 7.11. The number of nitrogens with zero attached hydrogens (tertiary/aromatic N) is 2. The van der Waals surface area contributed by atoms with Crippen molar-refractivity contribution in [2.75, 3.05) is 11.1 Å². The molecule has 0 fully saturated rings. The third kappa shape index (κ3) is 3.13. The molecule has 3 N–H and O–H groups in total. The van der Waals surface area contributed by atoms with Gasteiger partial charge in [-0.2, -0.15) is 0 Å². The SMILES string of the molecule is Cc1ccc(CC(C)Nc2nc3ccccc3nc2N)s1. The predicted octanol–water partition coefficient (Wildman–Crippen LogP) is 3.63. The molecule has 0 aliphatic heterocycles. The Morgan fingerprint density at radius 1 is 1.14 bits per heavy atom. The molecule has 0 spiro atoms. The maximum Gasteiger partial charge on any atom is 0.169 e. The van der Waals surface area contributed by atoms with Crippen LogP contribution in [0.15, 0.2) is 36.4 Å². The van der Waals surface area contributed by atoms with E-state index in [-0.39, 0.29) is 6.04 Å². The van der Waals surface area contributed by atoms with Gasteiger partial charge in [-0.1, -0.05) is 12.1 Å². The normalized spacial score (nSPS) is 12.5. The van der Waals surface area contributed by atoms with Crippen LogP contribution in [0.25, 0.3) is 11.0 Å². The molecule has 108 valence electrons. The van der Waals surface area contributed by atoms with Gasteiger partial charge in [-0.3, -0.25) is 0 Å². The van der Waals surface area contributed by atoms with Crippen LogP contribution in [-0.4, -0.2) is 16.0 Å². The Kier molecular flexibility index (Phi) is 3.75. The molecule has 2 heterocycles. The summed E-state index contributed by atoms with van der Waals surface area (Å²) in [7, 11) is 0. The van der Waals surface area contributed by atoms with Gasteiger partial charge in [-0.15, -0.1) is 11.3 Å². The first-order chi connectivity index (χ1) is 10.1. The quantitative estimate of drug-likeness (QED) is 0.772. The number of nitrogens with two attached hydrogens (primary N) is 1. The first-order valence-corrected chi connectivity index (χ1v) is 7.77. The molecular formula is C16H18N4S. The number of aromatic nitrogens is 2. The second kappa shape index (κ2) is 5.69. The summed E-state index contributed by atoms with van der Waals surface area (Å²) in [6.45, 7) is 4.25. The molecule has 2 aromatic heterocycles. The molecule has 3 aromatic rings. The van der Waals surface area contributed by atoms with Gasteiger partial charge in [0.15, 0.2) is 11.6 Å². The zero-order chi connectivity index (χ0) is 14.8. The maximum atomic E-state index is 6.00. The predicted molar refractivity (Wildman–Crippen MR) is 89.8 cm³/mol. The number of anilines is 2. The van der Waals surface area contributed by atoms with E-state index in [1.54, 1.807) is 0 Å². The van der Waals surface area contributed by atoms with Gasteiger partial charge in [0.1, 0.15) is 0 Å². The van der Waals surface area contributed by atoms with Crippen LogP contribution in [0.1, 0.15) is 16.7 Å². The Morgan fingerprint density at radius 2 is 1.86 bits per heavy atom. The lowest BCUT2D eigenvalue weighted by Crippen LogP contribution is -2.19. The lowest BCUT2D eigenvalue weighted by molar-refractivity contribution is 0.795. The van der Waals surface area contributed by atoms with E-state index in [1.165, 1.54) is 9.75 Å². The van der Waals surface area contributed by atoms with Crippen molar-refractivity contribution in [2.24, 2.45) is 0 Å². The molecule has 0 bridgehead atoms. The standard InChI is InChI=1S/C16H18N4S/c1-10(9-12-8-7-11(2)21-12)18-16-15(17)19-13-5-3-4-6-14(13)20-16/h3-8,10H,9H2,1-2H3,(H2,17,19)(H,18,20). The van der Waals surface area contributed by atoms with Crippen molar-refractivity contribution in [2.45, 2.75) is 26.3 Å². The fraction of sp³-hybridized carbons (Fsp3) is 0.250. The number of aryl methyl sites for hydroxylation is 1. The molecule has 21 heavy (non-hydrogen) atoms. The van der Waals surface area contributed by atoms with Crippen LogP contribution in [0.5, 0.6) is 0 Å². The number of fused-ring (bicyclic) bond motifs is 1. The van der Waals surface area contributed by atoms with Gasteiger partial charge in [0.25, 0.3) is 0 Å². The summed E-state index contributed by atoms with van der Waals surface area (Å²) in [5.41, 5.74) is 7.68. The molecule has 4 nitrogen and oxygen atoms in total. The number of nitrogen functional groups attached to an aromatic ring is 1. The summed E-state index contributed by atoms with van der Waals surface area (Å²) in [4.78, 5) is 11.7. The molecule has 1 atom stereocenters. The zero-order valence-corrected chi connectivity index (χ0v) is 12.9. The molecule has 3 rings (SSSR count). The summed E-state index contributed by atoms with van der Waals surface area (Å²) in [5.74, 6) is 1.11. The van der Waals surface area contributed by atoms with E-state index in [0.717, 1.165) is 17.5 Å². The van der Waals surface area contributed by atoms with E-state index in [4.69, 9.17) is 5.73 Å². The fourth-order valence-electron chi connectivity index (χ4n) is 2.30. The van der Waals surface area contributed by atoms with Crippen molar-refractivity contribution < 1.29 is 0 Å². The van der Waals surface area contributed by atoms with Gasteiger partial charge in [0.2, 0.25) is 0 Å². The first kappa shape index (κ1) is 13.8. The first-order valence-electron chi connectivity index (χ1n) is 6.96. The fourth-order valence-corrected chi connectivity index (χ4v) is 3.32. The molecule has 0 aliphatic carbocycles. The molecule has 1 aromatic carbocycles. The minimum Gasteiger partial charge on any atom is -0.381 e. The summed E-state index contributed by atoms with van der Waals surface area (Å²) >= 11 is 1.83. The van der Waals surface area contributed by atoms with Gasteiger partial charge in [0, 0.05) is 22.2 Å². The number of benzene rings is 1. The van der Waals surface area contributed by atoms with Crippen molar-refractivity contribution in [3.63, 3.8) is 0 Å². The van der Waals surface area contributed by atoms with Gasteiger partial charge >= 0.3 is 0 Å². The highest BCUT2D eigenvalue weighted by atomic mass is 32.1. The maximum absolute atomic E-state index is 6.00. The van der Waals surface area contributed by atoms with Crippen LogP contribution >= 0.6 is 11.3 Å². The van der Waals surface area contributed by atoms with Crippen LogP contribution in [0.3, 0.4) is 0 Å². The number of nitrogens with one attached hydrogen (secondary N) is 1. The third-order valence-electron chi connectivity index (χ3n) is 3.28. The van der Waals surface area contributed by atoms with Gasteiger partial charge in [-0.05, 0) is 38.1 Å². The lowest BCUT2D eigenvalue weighted by atomic mass is 10.2. The van der Waals surface area contributed by atoms with Crippen LogP contribution in [0.4, 0.5) is 11.6 Å². The Balaban J connectivity index is 1.79. The minimum absolute atomic E-state index is 0.251. The molecule has 0 saturated heterocycles. The van der Waals surface area contributed by atoms with Crippen molar-refractivity contribution in [1.82, 2.24) is 9.97 Å². The van der Waals surface area contributed by atoms with Crippen LogP contribution < -0.4 is 11.1 Å². The molecule has 0 saturated carbocycles. The molecular weight excluding hydrogens is 280 g/mol. The van der Waals surface area contributed by atoms with E-state index in [0.29, 0.717) is 11.6 Å². The van der Waals surface area contributed by atoms with Crippen molar-refractivity contribution in [3.05, 3.63) is 46.2 Å². The number of thiophene rings is 1. The molecule has 0 amide bonds. The number of hydrogen-bond acceptors (Lipinski definition) is 5. The van der Waals surface area contributed by atoms with E-state index >= 15 is 0 Å². The monoisotopic (exact) mass is 298 g/mol. The zero-order valence-electron chi connectivity index (χ0n) is 12.1. The highest BCUT2D eigenvalue weighted by Crippen LogP contribution is 2.21. The van der Waals surface area contributed by atoms with Crippen molar-refractivity contribution in [1.29, 1.82) is 0 Å². The van der Waals surface area contributed by atoms with Crippen LogP contribution in [0.2, 0.25) is 0 Å². The van der Waals surface area contributed by atoms with Crippen molar-refractivity contribution in [3.8, 4) is 0 Å². The minimum atomic E-state index is 0.251. The number of rotatable bonds is 4. The number of hydrogen-bond donors (Lipinski definition) is 2. The van der Waals surface area contributed by atoms with Crippen LogP contribution in [0, 0.1) is 6.92 Å². The highest BCUT2D eigenvalue weighted by Gasteiger charge is 2.10. The van der Waals surface area contributed by atoms with E-state index in [9.17, 15) is 0 Å². The molecule has 5 heteroatoms. The summed E-state index contributed by atoms with van der Waals surface area (Å²) < 4.78 is 0. The molecule has 1 unspecified atom stereocenters. The van der Waals surface area contributed by atoms with E-state index < -0.39 is 0 Å². The van der Waals surface area contributed by atoms with Crippen LogP contribution in [-0.2, 0) is 6.42 Å². The Bertz CT molecular complexity index is 766. The summed E-state index contributed by atoms with van der Waals surface area (Å²) in [5, 5.41) is 3.37. The Labute approximate surface area is 128 Å². The van der Waals surface area contributed by atoms with E-state index in [2.05, 4.69) is 41.3 Å². The Morgan fingerprint density at radius 3 is 2.52 bits per heavy atom. The Hall–Kier alpha value is -2.14. The smallest absolute Gasteiger partial charge is 0.169 e. The topological polar surface area (TPSA) is 63.8 Å². The van der Waals surface area contributed by atoms with Crippen molar-refractivity contribution >= 4 is 34.0 Å². The summed E-state index contributed by atoms with van der Waals surface area (Å²) in [6, 6.07) is 12.3.